The zero-order valence-corrected chi connectivity index (χ0v) is 8.17. The molecule has 0 aromatic carbocycles. The Hall–Kier alpha value is -0.210. The second-order valence-corrected chi connectivity index (χ2v) is 4.06. The Kier molecular flexibility index (Phi) is 4.07. The number of ether oxygens (including phenoxy) is 2. The predicted octanol–water partition coefficient (Wildman–Crippen LogP) is -1.12. The average molecular weight is 211 g/mol. The maximum absolute atomic E-state index is 10.7. The molecule has 1 unspecified atom stereocenters. The van der Waals surface area contributed by atoms with Crippen molar-refractivity contribution in [2.45, 2.75) is 6.10 Å². The fourth-order valence-corrected chi connectivity index (χ4v) is 1.05. The van der Waals surface area contributed by atoms with E-state index in [1.165, 1.54) is 7.05 Å². The van der Waals surface area contributed by atoms with Gasteiger partial charge in [0.1, 0.15) is 6.10 Å². The molecule has 0 aromatic rings. The molecule has 0 aromatic heterocycles. The highest BCUT2D eigenvalue weighted by Crippen LogP contribution is 2.07. The molecule has 1 aliphatic rings. The van der Waals surface area contributed by atoms with Gasteiger partial charge in [0.25, 0.3) is 0 Å². The molecule has 0 amide bonds. The van der Waals surface area contributed by atoms with Crippen molar-refractivity contribution in [3.05, 3.63) is 0 Å². The van der Waals surface area contributed by atoms with Gasteiger partial charge in [0.2, 0.25) is 0 Å². The van der Waals surface area contributed by atoms with Crippen molar-refractivity contribution < 1.29 is 22.1 Å². The number of rotatable bonds is 7. The summed E-state index contributed by atoms with van der Waals surface area (Å²) in [6, 6.07) is 0. The normalized spacial score (nSPS) is 21.8. The maximum atomic E-state index is 10.7. The quantitative estimate of drug-likeness (QED) is 0.426. The fraction of sp³-hybridized carbons (Fsp3) is 1.00. The molecule has 1 atom stereocenters. The van der Waals surface area contributed by atoms with Gasteiger partial charge in [0.05, 0.1) is 26.4 Å². The zero-order chi connectivity index (χ0) is 9.73. The average Bonchev–Trinajstić information content (AvgIpc) is 2.87. The molecule has 0 aliphatic carbocycles. The van der Waals surface area contributed by atoms with E-state index in [0.29, 0.717) is 6.61 Å². The number of epoxide rings is 1. The van der Waals surface area contributed by atoms with E-state index < -0.39 is 10.3 Å². The highest BCUT2D eigenvalue weighted by atomic mass is 32.2. The van der Waals surface area contributed by atoms with Gasteiger partial charge in [-0.15, -0.1) is 0 Å². The molecule has 1 aliphatic heterocycles. The molecule has 1 heterocycles. The molecule has 1 saturated heterocycles. The van der Waals surface area contributed by atoms with Crippen LogP contribution in [0.25, 0.3) is 0 Å². The fourth-order valence-electron chi connectivity index (χ4n) is 0.641. The third kappa shape index (κ3) is 5.17. The van der Waals surface area contributed by atoms with Crippen LogP contribution in [0.15, 0.2) is 0 Å². The van der Waals surface area contributed by atoms with Crippen molar-refractivity contribution in [1.29, 1.82) is 0 Å². The van der Waals surface area contributed by atoms with Crippen LogP contribution >= 0.6 is 0 Å². The summed E-state index contributed by atoms with van der Waals surface area (Å²) >= 11 is 0. The summed E-state index contributed by atoms with van der Waals surface area (Å²) < 4.78 is 37.8. The smallest absolute Gasteiger partial charge is 0.335 e. The Morgan fingerprint density at radius 1 is 1.54 bits per heavy atom. The van der Waals surface area contributed by atoms with E-state index in [0.717, 1.165) is 6.61 Å². The maximum Gasteiger partial charge on any atom is 0.335 e. The first kappa shape index (κ1) is 10.9. The van der Waals surface area contributed by atoms with Gasteiger partial charge < -0.3 is 9.47 Å². The lowest BCUT2D eigenvalue weighted by atomic mass is 10.5. The minimum atomic E-state index is -3.57. The van der Waals surface area contributed by atoms with Crippen LogP contribution in [0.4, 0.5) is 0 Å². The summed E-state index contributed by atoms with van der Waals surface area (Å²) in [6.07, 6.45) is 0.195. The lowest BCUT2D eigenvalue weighted by Gasteiger charge is -2.03. The van der Waals surface area contributed by atoms with Crippen LogP contribution < -0.4 is 4.72 Å². The first-order valence-electron chi connectivity index (χ1n) is 3.91. The largest absolute Gasteiger partial charge is 0.376 e. The van der Waals surface area contributed by atoms with Crippen LogP contribution in [-0.4, -0.2) is 48.0 Å². The van der Waals surface area contributed by atoms with E-state index in [4.69, 9.17) is 9.47 Å². The molecule has 0 saturated carbocycles. The number of nitrogens with one attached hydrogen (secondary N) is 1. The number of hydrogen-bond donors (Lipinski definition) is 1. The van der Waals surface area contributed by atoms with E-state index in [1.54, 1.807) is 0 Å². The Labute approximate surface area is 77.4 Å². The van der Waals surface area contributed by atoms with Gasteiger partial charge in [-0.1, -0.05) is 0 Å². The molecular formula is C6H13NO5S. The Bertz CT molecular complexity index is 235. The minimum absolute atomic E-state index is 0.0237. The van der Waals surface area contributed by atoms with Gasteiger partial charge in [-0.2, -0.15) is 13.1 Å². The summed E-state index contributed by atoms with van der Waals surface area (Å²) in [6.45, 7) is 1.51. The van der Waals surface area contributed by atoms with Crippen LogP contribution in [0.3, 0.4) is 0 Å². The molecule has 0 radical (unpaired) electrons. The predicted molar refractivity (Wildman–Crippen MR) is 44.5 cm³/mol. The Morgan fingerprint density at radius 3 is 2.77 bits per heavy atom. The van der Waals surface area contributed by atoms with Gasteiger partial charge in [-0.25, -0.2) is 0 Å². The summed E-state index contributed by atoms with van der Waals surface area (Å²) in [7, 11) is -2.28. The van der Waals surface area contributed by atoms with E-state index in [9.17, 15) is 8.42 Å². The van der Waals surface area contributed by atoms with Crippen LogP contribution in [0.2, 0.25) is 0 Å². The van der Waals surface area contributed by atoms with Crippen LogP contribution in [0.1, 0.15) is 0 Å². The molecule has 1 rings (SSSR count). The number of hydrogen-bond acceptors (Lipinski definition) is 5. The molecule has 1 fully saturated rings. The second kappa shape index (κ2) is 4.87. The van der Waals surface area contributed by atoms with Crippen LogP contribution in [0.5, 0.6) is 0 Å². The van der Waals surface area contributed by atoms with Gasteiger partial charge in [-0.3, -0.25) is 4.18 Å². The topological polar surface area (TPSA) is 77.2 Å². The molecule has 1 N–H and O–H groups in total. The summed E-state index contributed by atoms with van der Waals surface area (Å²) in [4.78, 5) is 0. The minimum Gasteiger partial charge on any atom is -0.376 e. The van der Waals surface area contributed by atoms with Crippen molar-refractivity contribution in [2.24, 2.45) is 0 Å². The third-order valence-corrected chi connectivity index (χ3v) is 2.40. The zero-order valence-electron chi connectivity index (χ0n) is 7.36. The van der Waals surface area contributed by atoms with Crippen molar-refractivity contribution in [1.82, 2.24) is 4.72 Å². The Balaban J connectivity index is 1.93. The van der Waals surface area contributed by atoms with Crippen LogP contribution in [0, 0.1) is 0 Å². The third-order valence-electron chi connectivity index (χ3n) is 1.42. The second-order valence-electron chi connectivity index (χ2n) is 2.51. The first-order chi connectivity index (χ1) is 6.14. The molecule has 0 bridgehead atoms. The lowest BCUT2D eigenvalue weighted by Crippen LogP contribution is -2.23. The first-order valence-corrected chi connectivity index (χ1v) is 5.32. The monoisotopic (exact) mass is 211 g/mol. The van der Waals surface area contributed by atoms with Gasteiger partial charge in [0, 0.05) is 7.05 Å². The van der Waals surface area contributed by atoms with Gasteiger partial charge >= 0.3 is 10.3 Å². The molecule has 7 heteroatoms. The SMILES string of the molecule is CNS(=O)(=O)OCCOCC1CO1. The molecule has 6 nitrogen and oxygen atoms in total. The van der Waals surface area contributed by atoms with Gasteiger partial charge in [-0.05, 0) is 0 Å². The Morgan fingerprint density at radius 2 is 2.23 bits per heavy atom. The van der Waals surface area contributed by atoms with Gasteiger partial charge in [0.15, 0.2) is 0 Å². The van der Waals surface area contributed by atoms with Crippen LogP contribution in [-0.2, 0) is 24.0 Å². The molecule has 0 spiro atoms. The molecule has 13 heavy (non-hydrogen) atoms. The summed E-state index contributed by atoms with van der Waals surface area (Å²) in [5, 5.41) is 0. The molecule has 78 valence electrons. The highest BCUT2D eigenvalue weighted by molar-refractivity contribution is 7.84. The van der Waals surface area contributed by atoms with Crippen molar-refractivity contribution in [3.63, 3.8) is 0 Å². The van der Waals surface area contributed by atoms with Crippen molar-refractivity contribution >= 4 is 10.3 Å². The van der Waals surface area contributed by atoms with E-state index in [2.05, 4.69) is 4.18 Å². The highest BCUT2D eigenvalue weighted by Gasteiger charge is 2.22. The molecular weight excluding hydrogens is 198 g/mol. The standard InChI is InChI=1S/C6H13NO5S/c1-7-13(8,9)12-3-2-10-4-6-5-11-6/h6-7H,2-5H2,1H3. The summed E-state index contributed by atoms with van der Waals surface area (Å²) in [5.74, 6) is 0. The van der Waals surface area contributed by atoms with Crippen molar-refractivity contribution in [2.75, 3.05) is 33.5 Å². The van der Waals surface area contributed by atoms with Crippen molar-refractivity contribution in [3.8, 4) is 0 Å². The lowest BCUT2D eigenvalue weighted by molar-refractivity contribution is 0.0891. The van der Waals surface area contributed by atoms with E-state index in [1.807, 2.05) is 4.72 Å². The van der Waals surface area contributed by atoms with E-state index in [-0.39, 0.29) is 19.3 Å². The summed E-state index contributed by atoms with van der Waals surface area (Å²) in [5.41, 5.74) is 0. The van der Waals surface area contributed by atoms with E-state index >= 15 is 0 Å².